The molecule has 0 atom stereocenters. The Kier molecular flexibility index (Phi) is 6.85. The lowest BCUT2D eigenvalue weighted by Crippen LogP contribution is -2.19. The van der Waals surface area contributed by atoms with Crippen LogP contribution >= 0.6 is 0 Å². The highest BCUT2D eigenvalue weighted by Gasteiger charge is 2.05. The molecule has 1 aromatic rings. The van der Waals surface area contributed by atoms with Gasteiger partial charge < -0.3 is 10.1 Å². The summed E-state index contributed by atoms with van der Waals surface area (Å²) in [5.41, 5.74) is 2.39. The molecular weight excluding hydrogens is 236 g/mol. The Labute approximate surface area is 117 Å². The van der Waals surface area contributed by atoms with E-state index in [2.05, 4.69) is 37.1 Å². The molecule has 108 valence electrons. The third-order valence-electron chi connectivity index (χ3n) is 2.66. The quantitative estimate of drug-likeness (QED) is 0.779. The number of pyridine rings is 1. The van der Waals surface area contributed by atoms with Gasteiger partial charge in [0.25, 0.3) is 0 Å². The Morgan fingerprint density at radius 1 is 1.21 bits per heavy atom. The predicted molar refractivity (Wildman–Crippen MR) is 80.5 cm³/mol. The van der Waals surface area contributed by atoms with E-state index in [1.165, 1.54) is 5.56 Å². The van der Waals surface area contributed by atoms with Crippen molar-refractivity contribution < 1.29 is 4.74 Å². The molecule has 0 unspecified atom stereocenters. The second kappa shape index (κ2) is 8.16. The molecule has 0 amide bonds. The minimum Gasteiger partial charge on any atom is -0.475 e. The third-order valence-corrected chi connectivity index (χ3v) is 2.66. The molecule has 1 heterocycles. The molecule has 3 heteroatoms. The SMILES string of the molecule is CCCc1cc(CNCC(C)C)cc(OC(C)C)n1. The highest BCUT2D eigenvalue weighted by atomic mass is 16.5. The van der Waals surface area contributed by atoms with Gasteiger partial charge in [-0.1, -0.05) is 27.2 Å². The van der Waals surface area contributed by atoms with Gasteiger partial charge >= 0.3 is 0 Å². The molecule has 0 spiro atoms. The molecule has 0 aliphatic rings. The van der Waals surface area contributed by atoms with Crippen molar-refractivity contribution in [2.75, 3.05) is 6.54 Å². The van der Waals surface area contributed by atoms with Crippen LogP contribution in [0.4, 0.5) is 0 Å². The number of rotatable bonds is 8. The Balaban J connectivity index is 2.74. The molecule has 1 rings (SSSR count). The zero-order valence-electron chi connectivity index (χ0n) is 13.0. The topological polar surface area (TPSA) is 34.1 Å². The van der Waals surface area contributed by atoms with Crippen molar-refractivity contribution >= 4 is 0 Å². The van der Waals surface area contributed by atoms with Gasteiger partial charge in [0.2, 0.25) is 5.88 Å². The van der Waals surface area contributed by atoms with Gasteiger partial charge in [0.15, 0.2) is 0 Å². The summed E-state index contributed by atoms with van der Waals surface area (Å²) in [4.78, 5) is 4.56. The fraction of sp³-hybridized carbons (Fsp3) is 0.688. The van der Waals surface area contributed by atoms with E-state index in [-0.39, 0.29) is 6.10 Å². The van der Waals surface area contributed by atoms with Crippen molar-refractivity contribution in [3.63, 3.8) is 0 Å². The summed E-state index contributed by atoms with van der Waals surface area (Å²) in [6, 6.07) is 4.23. The molecule has 0 saturated carbocycles. The predicted octanol–water partition coefficient (Wildman–Crippen LogP) is 3.57. The van der Waals surface area contributed by atoms with Crippen molar-refractivity contribution in [2.45, 2.75) is 60.1 Å². The summed E-state index contributed by atoms with van der Waals surface area (Å²) < 4.78 is 5.73. The van der Waals surface area contributed by atoms with Crippen LogP contribution in [-0.4, -0.2) is 17.6 Å². The van der Waals surface area contributed by atoms with Crippen LogP contribution in [0.1, 0.15) is 52.3 Å². The fourth-order valence-electron chi connectivity index (χ4n) is 1.91. The highest BCUT2D eigenvalue weighted by Crippen LogP contribution is 2.15. The van der Waals surface area contributed by atoms with E-state index < -0.39 is 0 Å². The van der Waals surface area contributed by atoms with Crippen LogP contribution in [0.3, 0.4) is 0 Å². The molecule has 3 nitrogen and oxygen atoms in total. The zero-order chi connectivity index (χ0) is 14.3. The van der Waals surface area contributed by atoms with Crippen molar-refractivity contribution in [1.29, 1.82) is 0 Å². The van der Waals surface area contributed by atoms with Crippen LogP contribution in [0.25, 0.3) is 0 Å². The summed E-state index contributed by atoms with van der Waals surface area (Å²) in [6.45, 7) is 12.6. The van der Waals surface area contributed by atoms with E-state index in [0.29, 0.717) is 5.92 Å². The maximum Gasteiger partial charge on any atom is 0.214 e. The summed E-state index contributed by atoms with van der Waals surface area (Å²) in [6.07, 6.45) is 2.28. The molecule has 0 aromatic carbocycles. The smallest absolute Gasteiger partial charge is 0.214 e. The van der Waals surface area contributed by atoms with Gasteiger partial charge in [-0.2, -0.15) is 0 Å². The van der Waals surface area contributed by atoms with Gasteiger partial charge in [-0.15, -0.1) is 0 Å². The maximum atomic E-state index is 5.73. The van der Waals surface area contributed by atoms with E-state index in [1.54, 1.807) is 0 Å². The first-order chi connectivity index (χ1) is 9.01. The van der Waals surface area contributed by atoms with E-state index in [4.69, 9.17) is 4.74 Å². The molecular formula is C16H28N2O. The van der Waals surface area contributed by atoms with Crippen LogP contribution in [0.5, 0.6) is 5.88 Å². The zero-order valence-corrected chi connectivity index (χ0v) is 13.0. The Morgan fingerprint density at radius 3 is 2.53 bits per heavy atom. The van der Waals surface area contributed by atoms with Crippen LogP contribution in [0.2, 0.25) is 0 Å². The van der Waals surface area contributed by atoms with Gasteiger partial charge in [0.05, 0.1) is 6.10 Å². The van der Waals surface area contributed by atoms with Crippen molar-refractivity contribution in [3.05, 3.63) is 23.4 Å². The van der Waals surface area contributed by atoms with Gasteiger partial charge in [0.1, 0.15) is 0 Å². The summed E-state index contributed by atoms with van der Waals surface area (Å²) >= 11 is 0. The molecule has 0 saturated heterocycles. The molecule has 0 aliphatic heterocycles. The number of ether oxygens (including phenoxy) is 1. The number of aromatic nitrogens is 1. The van der Waals surface area contributed by atoms with E-state index >= 15 is 0 Å². The fourth-order valence-corrected chi connectivity index (χ4v) is 1.91. The van der Waals surface area contributed by atoms with Crippen LogP contribution in [0, 0.1) is 5.92 Å². The molecule has 0 bridgehead atoms. The lowest BCUT2D eigenvalue weighted by molar-refractivity contribution is 0.231. The van der Waals surface area contributed by atoms with Crippen LogP contribution in [0.15, 0.2) is 12.1 Å². The minimum atomic E-state index is 0.167. The van der Waals surface area contributed by atoms with Gasteiger partial charge in [-0.25, -0.2) is 4.98 Å². The number of aryl methyl sites for hydroxylation is 1. The van der Waals surface area contributed by atoms with Crippen molar-refractivity contribution in [3.8, 4) is 5.88 Å². The highest BCUT2D eigenvalue weighted by molar-refractivity contribution is 5.25. The standard InChI is InChI=1S/C16H28N2O/c1-6-7-15-8-14(11-17-10-12(2)3)9-16(18-15)19-13(4)5/h8-9,12-13,17H,6-7,10-11H2,1-5H3. The van der Waals surface area contributed by atoms with E-state index in [9.17, 15) is 0 Å². The lowest BCUT2D eigenvalue weighted by atomic mass is 10.1. The minimum absolute atomic E-state index is 0.167. The summed E-state index contributed by atoms with van der Waals surface area (Å²) in [5.74, 6) is 1.42. The number of hydrogen-bond donors (Lipinski definition) is 1. The monoisotopic (exact) mass is 264 g/mol. The molecule has 0 fully saturated rings. The Bertz CT molecular complexity index is 375. The average molecular weight is 264 g/mol. The lowest BCUT2D eigenvalue weighted by Gasteiger charge is -2.13. The van der Waals surface area contributed by atoms with Gasteiger partial charge in [0, 0.05) is 18.3 Å². The Hall–Kier alpha value is -1.09. The first-order valence-corrected chi connectivity index (χ1v) is 7.38. The molecule has 1 N–H and O–H groups in total. The van der Waals surface area contributed by atoms with Crippen LogP contribution < -0.4 is 10.1 Å². The van der Waals surface area contributed by atoms with E-state index in [0.717, 1.165) is 37.5 Å². The number of hydrogen-bond acceptors (Lipinski definition) is 3. The maximum absolute atomic E-state index is 5.73. The van der Waals surface area contributed by atoms with Gasteiger partial charge in [-0.05, 0) is 44.4 Å². The number of nitrogens with one attached hydrogen (secondary N) is 1. The second-order valence-electron chi connectivity index (χ2n) is 5.75. The Morgan fingerprint density at radius 2 is 1.95 bits per heavy atom. The molecule has 1 aromatic heterocycles. The molecule has 19 heavy (non-hydrogen) atoms. The molecule has 0 radical (unpaired) electrons. The first-order valence-electron chi connectivity index (χ1n) is 7.38. The molecule has 0 aliphatic carbocycles. The summed E-state index contributed by atoms with van der Waals surface area (Å²) in [7, 11) is 0. The van der Waals surface area contributed by atoms with Crippen LogP contribution in [-0.2, 0) is 13.0 Å². The first kappa shape index (κ1) is 16.0. The normalized spacial score (nSPS) is 11.3. The third kappa shape index (κ3) is 6.58. The second-order valence-corrected chi connectivity index (χ2v) is 5.75. The van der Waals surface area contributed by atoms with Crippen molar-refractivity contribution in [1.82, 2.24) is 10.3 Å². The number of nitrogens with zero attached hydrogens (tertiary/aromatic N) is 1. The van der Waals surface area contributed by atoms with Gasteiger partial charge in [-0.3, -0.25) is 0 Å². The van der Waals surface area contributed by atoms with Crippen molar-refractivity contribution in [2.24, 2.45) is 5.92 Å². The summed E-state index contributed by atoms with van der Waals surface area (Å²) in [5, 5.41) is 3.47. The average Bonchev–Trinajstić information content (AvgIpc) is 2.27. The largest absolute Gasteiger partial charge is 0.475 e. The van der Waals surface area contributed by atoms with E-state index in [1.807, 2.05) is 19.9 Å².